The highest BCUT2D eigenvalue weighted by molar-refractivity contribution is 5.58. The molecule has 0 aliphatic heterocycles. The molecule has 0 fully saturated rings. The summed E-state index contributed by atoms with van der Waals surface area (Å²) in [6.45, 7) is 27.8. The third-order valence-corrected chi connectivity index (χ3v) is 3.21. The minimum atomic E-state index is -0.193. The fourth-order valence-electron chi connectivity index (χ4n) is 1.93. The van der Waals surface area contributed by atoms with Gasteiger partial charge >= 0.3 is 0 Å². The van der Waals surface area contributed by atoms with Crippen LogP contribution in [0.3, 0.4) is 0 Å². The Morgan fingerprint density at radius 1 is 1.04 bits per heavy atom. The molecule has 0 saturated carbocycles. The van der Waals surface area contributed by atoms with Crippen molar-refractivity contribution in [3.63, 3.8) is 0 Å². The quantitative estimate of drug-likeness (QED) is 0.535. The second-order valence-corrected chi connectivity index (χ2v) is 5.37. The Balaban J connectivity index is -0.000000605. The zero-order chi connectivity index (χ0) is 20.5. The molecular formula is C24H40O. The van der Waals surface area contributed by atoms with E-state index < -0.39 is 0 Å². The number of hydrogen-bond donors (Lipinski definition) is 1. The van der Waals surface area contributed by atoms with Crippen LogP contribution in [0.1, 0.15) is 72.9 Å². The molecule has 0 amide bonds. The Hall–Kier alpha value is -2.02. The molecule has 25 heavy (non-hydrogen) atoms. The molecule has 0 atom stereocenters. The summed E-state index contributed by atoms with van der Waals surface area (Å²) >= 11 is 0. The van der Waals surface area contributed by atoms with Gasteiger partial charge in [0.25, 0.3) is 0 Å². The van der Waals surface area contributed by atoms with Gasteiger partial charge in [-0.1, -0.05) is 112 Å². The number of aromatic hydroxyl groups is 1. The van der Waals surface area contributed by atoms with E-state index in [1.807, 2.05) is 52.0 Å². The second-order valence-electron chi connectivity index (χ2n) is 5.37. The van der Waals surface area contributed by atoms with Gasteiger partial charge in [0.15, 0.2) is 0 Å². The molecule has 142 valence electrons. The van der Waals surface area contributed by atoms with Gasteiger partial charge in [-0.3, -0.25) is 0 Å². The predicted octanol–water partition coefficient (Wildman–Crippen LogP) is 8.08. The third-order valence-electron chi connectivity index (χ3n) is 3.21. The van der Waals surface area contributed by atoms with E-state index in [0.717, 1.165) is 16.7 Å². The maximum Gasteiger partial charge on any atom is 0.122 e. The van der Waals surface area contributed by atoms with Crippen LogP contribution < -0.4 is 0 Å². The van der Waals surface area contributed by atoms with Gasteiger partial charge in [-0.2, -0.15) is 0 Å². The van der Waals surface area contributed by atoms with E-state index in [9.17, 15) is 5.11 Å². The molecule has 1 heteroatoms. The number of benzene rings is 1. The lowest BCUT2D eigenvalue weighted by atomic mass is 9.77. The van der Waals surface area contributed by atoms with Gasteiger partial charge in [-0.15, -0.1) is 0 Å². The summed E-state index contributed by atoms with van der Waals surface area (Å²) in [5.41, 5.74) is 2.73. The Morgan fingerprint density at radius 3 is 1.88 bits per heavy atom. The van der Waals surface area contributed by atoms with Crippen molar-refractivity contribution in [3.05, 3.63) is 72.9 Å². The molecule has 0 unspecified atom stereocenters. The lowest BCUT2D eigenvalue weighted by molar-refractivity contribution is 0.473. The van der Waals surface area contributed by atoms with Crippen LogP contribution in [0.5, 0.6) is 5.75 Å². The highest BCUT2D eigenvalue weighted by Crippen LogP contribution is 2.34. The van der Waals surface area contributed by atoms with Gasteiger partial charge < -0.3 is 5.11 Å². The number of phenolic OH excluding ortho intramolecular Hbond substituents is 1. The molecule has 1 rings (SSSR count). The van der Waals surface area contributed by atoms with Crippen LogP contribution in [-0.2, 0) is 5.41 Å². The fraction of sp³-hybridized carbons (Fsp3) is 0.417. The van der Waals surface area contributed by atoms with Crippen molar-refractivity contribution in [3.8, 4) is 5.75 Å². The summed E-state index contributed by atoms with van der Waals surface area (Å²) in [7, 11) is 0. The fourth-order valence-corrected chi connectivity index (χ4v) is 1.93. The number of rotatable bonds is 5. The number of phenols is 1. The Bertz CT molecular complexity index is 519. The summed E-state index contributed by atoms with van der Waals surface area (Å²) in [4.78, 5) is 0. The molecule has 1 nitrogen and oxygen atoms in total. The van der Waals surface area contributed by atoms with Crippen molar-refractivity contribution < 1.29 is 5.11 Å². The van der Waals surface area contributed by atoms with E-state index >= 15 is 0 Å². The Morgan fingerprint density at radius 2 is 1.52 bits per heavy atom. The monoisotopic (exact) mass is 344 g/mol. The lowest BCUT2D eigenvalue weighted by Gasteiger charge is -2.27. The molecule has 0 aliphatic carbocycles. The minimum Gasteiger partial charge on any atom is -0.507 e. The molecular weight excluding hydrogens is 304 g/mol. The average molecular weight is 345 g/mol. The number of hydrogen-bond acceptors (Lipinski definition) is 1. The maximum absolute atomic E-state index is 9.68. The lowest BCUT2D eigenvalue weighted by Crippen LogP contribution is -2.19. The van der Waals surface area contributed by atoms with E-state index in [2.05, 4.69) is 47.4 Å². The van der Waals surface area contributed by atoms with Crippen LogP contribution in [0.2, 0.25) is 0 Å². The van der Waals surface area contributed by atoms with Crippen LogP contribution >= 0.6 is 0 Å². The standard InChI is InChI=1S/C17H20O.C3H8.2C2H6/c1-6-9-14(8-3)17(4,5)15-10-11-16(18)13(7-2)12-15;1-3-2;2*1-2/h6-12,18H,1-3H2,4-5H3;3H2,1-2H3;2*1-2H3/b14-9+;;;. The molecule has 0 aromatic heterocycles. The largest absolute Gasteiger partial charge is 0.507 e. The van der Waals surface area contributed by atoms with Gasteiger partial charge in [0.05, 0.1) is 0 Å². The topological polar surface area (TPSA) is 20.2 Å². The van der Waals surface area contributed by atoms with Crippen LogP contribution in [0.15, 0.2) is 61.7 Å². The predicted molar refractivity (Wildman–Crippen MR) is 118 cm³/mol. The summed E-state index contributed by atoms with van der Waals surface area (Å²) in [6.07, 6.45) is 8.45. The molecule has 0 bridgehead atoms. The highest BCUT2D eigenvalue weighted by Gasteiger charge is 2.24. The molecule has 1 aromatic carbocycles. The molecule has 0 radical (unpaired) electrons. The Labute approximate surface area is 157 Å². The Kier molecular flexibility index (Phi) is 18.7. The van der Waals surface area contributed by atoms with Crippen LogP contribution in [0, 0.1) is 0 Å². The molecule has 0 aliphatic rings. The van der Waals surface area contributed by atoms with Crippen molar-refractivity contribution >= 4 is 6.08 Å². The van der Waals surface area contributed by atoms with Gasteiger partial charge in [0, 0.05) is 11.0 Å². The van der Waals surface area contributed by atoms with Crippen molar-refractivity contribution in [2.24, 2.45) is 0 Å². The SMILES string of the molecule is C=C/C=C(\C=C)C(C)(C)c1ccc(O)c(C=C)c1.CC.CC.CCC. The van der Waals surface area contributed by atoms with Crippen LogP contribution in [0.25, 0.3) is 6.08 Å². The summed E-state index contributed by atoms with van der Waals surface area (Å²) in [5.74, 6) is 0.248. The van der Waals surface area contributed by atoms with Gasteiger partial charge in [0.1, 0.15) is 5.75 Å². The van der Waals surface area contributed by atoms with E-state index in [0.29, 0.717) is 0 Å². The number of allylic oxidation sites excluding steroid dienone is 4. The van der Waals surface area contributed by atoms with E-state index in [-0.39, 0.29) is 11.2 Å². The van der Waals surface area contributed by atoms with Crippen LogP contribution in [0.4, 0.5) is 0 Å². The van der Waals surface area contributed by atoms with Crippen molar-refractivity contribution in [1.29, 1.82) is 0 Å². The average Bonchev–Trinajstić information content (AvgIpc) is 2.63. The summed E-state index contributed by atoms with van der Waals surface area (Å²) in [6, 6.07) is 5.56. The van der Waals surface area contributed by atoms with Gasteiger partial charge in [0.2, 0.25) is 0 Å². The molecule has 0 saturated heterocycles. The first kappa shape index (κ1) is 27.8. The minimum absolute atomic E-state index is 0.193. The normalized spacial score (nSPS) is 9.84. The van der Waals surface area contributed by atoms with Crippen molar-refractivity contribution in [2.75, 3.05) is 0 Å². The van der Waals surface area contributed by atoms with E-state index in [1.54, 1.807) is 18.2 Å². The van der Waals surface area contributed by atoms with Gasteiger partial charge in [-0.25, -0.2) is 0 Å². The molecule has 0 spiro atoms. The molecule has 1 aromatic rings. The summed E-state index contributed by atoms with van der Waals surface area (Å²) in [5, 5.41) is 9.68. The second kappa shape index (κ2) is 16.8. The zero-order valence-corrected chi connectivity index (χ0v) is 17.8. The third kappa shape index (κ3) is 9.76. The molecule has 0 heterocycles. The zero-order valence-electron chi connectivity index (χ0n) is 17.8. The highest BCUT2D eigenvalue weighted by atomic mass is 16.3. The van der Waals surface area contributed by atoms with Crippen molar-refractivity contribution in [2.45, 2.75) is 67.2 Å². The van der Waals surface area contributed by atoms with Crippen molar-refractivity contribution in [1.82, 2.24) is 0 Å². The summed E-state index contributed by atoms with van der Waals surface area (Å²) < 4.78 is 0. The molecule has 1 N–H and O–H groups in total. The van der Waals surface area contributed by atoms with Crippen LogP contribution in [-0.4, -0.2) is 5.11 Å². The van der Waals surface area contributed by atoms with E-state index in [4.69, 9.17) is 0 Å². The van der Waals surface area contributed by atoms with Gasteiger partial charge in [-0.05, 0) is 23.3 Å². The first-order chi connectivity index (χ1) is 11.9. The van der Waals surface area contributed by atoms with E-state index in [1.165, 1.54) is 6.42 Å². The maximum atomic E-state index is 9.68. The smallest absolute Gasteiger partial charge is 0.122 e. The first-order valence-corrected chi connectivity index (χ1v) is 9.30. The first-order valence-electron chi connectivity index (χ1n) is 9.30.